The summed E-state index contributed by atoms with van der Waals surface area (Å²) in [6, 6.07) is 16.5. The van der Waals surface area contributed by atoms with Gasteiger partial charge in [-0.05, 0) is 24.6 Å². The first-order chi connectivity index (χ1) is 10.2. The number of hydrogen-bond donors (Lipinski definition) is 1. The molecule has 0 spiro atoms. The molecule has 2 aromatic carbocycles. The van der Waals surface area contributed by atoms with Gasteiger partial charge >= 0.3 is 0 Å². The summed E-state index contributed by atoms with van der Waals surface area (Å²) in [5.74, 6) is 1.69. The number of imidazole rings is 1. The van der Waals surface area contributed by atoms with E-state index < -0.39 is 0 Å². The fourth-order valence-corrected chi connectivity index (χ4v) is 2.71. The Balaban J connectivity index is 2.16. The smallest absolute Gasteiger partial charge is 0.124 e. The number of hydrogen-bond acceptors (Lipinski definition) is 3. The number of rotatable bonds is 4. The van der Waals surface area contributed by atoms with E-state index in [2.05, 4.69) is 40.7 Å². The SMILES string of the molecule is COc1ccc2c(c1)nc(CN)n2C(C)c1ccccc1. The van der Waals surface area contributed by atoms with Gasteiger partial charge in [0.15, 0.2) is 0 Å². The molecule has 1 unspecified atom stereocenters. The summed E-state index contributed by atoms with van der Waals surface area (Å²) >= 11 is 0. The maximum atomic E-state index is 5.89. The minimum Gasteiger partial charge on any atom is -0.497 e. The zero-order valence-electron chi connectivity index (χ0n) is 12.3. The minimum absolute atomic E-state index is 0.183. The van der Waals surface area contributed by atoms with Crippen LogP contribution in [0, 0.1) is 0 Å². The lowest BCUT2D eigenvalue weighted by Gasteiger charge is -2.17. The van der Waals surface area contributed by atoms with Crippen molar-refractivity contribution < 1.29 is 4.74 Å². The van der Waals surface area contributed by atoms with Crippen LogP contribution in [0.15, 0.2) is 48.5 Å². The van der Waals surface area contributed by atoms with Gasteiger partial charge in [0.25, 0.3) is 0 Å². The zero-order chi connectivity index (χ0) is 14.8. The third-order valence-electron chi connectivity index (χ3n) is 3.82. The normalized spacial score (nSPS) is 12.5. The largest absolute Gasteiger partial charge is 0.497 e. The quantitative estimate of drug-likeness (QED) is 0.799. The summed E-state index contributed by atoms with van der Waals surface area (Å²) in [5.41, 5.74) is 9.12. The third-order valence-corrected chi connectivity index (χ3v) is 3.82. The van der Waals surface area contributed by atoms with Crippen LogP contribution in [0.4, 0.5) is 0 Å². The molecule has 0 amide bonds. The van der Waals surface area contributed by atoms with Crippen LogP contribution < -0.4 is 10.5 Å². The van der Waals surface area contributed by atoms with Crippen LogP contribution in [0.1, 0.15) is 24.4 Å². The molecular weight excluding hydrogens is 262 g/mol. The van der Waals surface area contributed by atoms with Crippen LogP contribution in [0.2, 0.25) is 0 Å². The maximum absolute atomic E-state index is 5.89. The van der Waals surface area contributed by atoms with Crippen molar-refractivity contribution in [3.8, 4) is 5.75 Å². The molecule has 0 aliphatic rings. The first-order valence-electron chi connectivity index (χ1n) is 7.04. The molecule has 3 rings (SSSR count). The first kappa shape index (κ1) is 13.6. The van der Waals surface area contributed by atoms with Crippen molar-refractivity contribution in [2.45, 2.75) is 19.5 Å². The molecule has 0 saturated heterocycles. The third kappa shape index (κ3) is 2.38. The van der Waals surface area contributed by atoms with Gasteiger partial charge in [-0.3, -0.25) is 0 Å². The number of nitrogens with zero attached hydrogens (tertiary/aromatic N) is 2. The van der Waals surface area contributed by atoms with Crippen molar-refractivity contribution in [1.29, 1.82) is 0 Å². The highest BCUT2D eigenvalue weighted by molar-refractivity contribution is 5.78. The van der Waals surface area contributed by atoms with Crippen LogP contribution >= 0.6 is 0 Å². The van der Waals surface area contributed by atoms with Gasteiger partial charge in [-0.15, -0.1) is 0 Å². The van der Waals surface area contributed by atoms with Crippen LogP contribution in [0.5, 0.6) is 5.75 Å². The number of methoxy groups -OCH3 is 1. The number of fused-ring (bicyclic) bond motifs is 1. The average molecular weight is 281 g/mol. The van der Waals surface area contributed by atoms with Crippen LogP contribution in [0.3, 0.4) is 0 Å². The highest BCUT2D eigenvalue weighted by Gasteiger charge is 2.16. The van der Waals surface area contributed by atoms with E-state index in [-0.39, 0.29) is 6.04 Å². The second kappa shape index (κ2) is 5.58. The molecule has 1 aromatic heterocycles. The lowest BCUT2D eigenvalue weighted by Crippen LogP contribution is -2.13. The minimum atomic E-state index is 0.183. The molecule has 1 heterocycles. The predicted molar refractivity (Wildman–Crippen MR) is 84.4 cm³/mol. The molecule has 2 N–H and O–H groups in total. The average Bonchev–Trinajstić information content (AvgIpc) is 2.92. The van der Waals surface area contributed by atoms with Crippen LogP contribution in [0.25, 0.3) is 11.0 Å². The Bertz CT molecular complexity index is 749. The molecule has 0 aliphatic heterocycles. The van der Waals surface area contributed by atoms with Crippen LogP contribution in [-0.4, -0.2) is 16.7 Å². The molecule has 0 bridgehead atoms. The Morgan fingerprint density at radius 1 is 1.19 bits per heavy atom. The molecular formula is C17H19N3O. The zero-order valence-corrected chi connectivity index (χ0v) is 12.3. The van der Waals surface area contributed by atoms with Gasteiger partial charge in [0, 0.05) is 6.07 Å². The highest BCUT2D eigenvalue weighted by atomic mass is 16.5. The lowest BCUT2D eigenvalue weighted by atomic mass is 10.1. The van der Waals surface area contributed by atoms with Gasteiger partial charge in [-0.1, -0.05) is 30.3 Å². The molecule has 3 aromatic rings. The van der Waals surface area contributed by atoms with Crippen molar-refractivity contribution in [3.63, 3.8) is 0 Å². The van der Waals surface area contributed by atoms with Crippen molar-refractivity contribution in [2.24, 2.45) is 5.73 Å². The molecule has 0 aliphatic carbocycles. The van der Waals surface area contributed by atoms with Gasteiger partial charge in [-0.2, -0.15) is 0 Å². The standard InChI is InChI=1S/C17H19N3O/c1-12(13-6-4-3-5-7-13)20-16-9-8-14(21-2)10-15(16)19-17(20)11-18/h3-10,12H,11,18H2,1-2H3. The van der Waals surface area contributed by atoms with Crippen molar-refractivity contribution in [3.05, 3.63) is 59.9 Å². The van der Waals surface area contributed by atoms with E-state index in [1.54, 1.807) is 7.11 Å². The Kier molecular flexibility index (Phi) is 3.62. The number of aromatic nitrogens is 2. The Morgan fingerprint density at radius 2 is 1.95 bits per heavy atom. The summed E-state index contributed by atoms with van der Waals surface area (Å²) in [6.07, 6.45) is 0. The van der Waals surface area contributed by atoms with Gasteiger partial charge in [0.2, 0.25) is 0 Å². The molecule has 4 heteroatoms. The predicted octanol–water partition coefficient (Wildman–Crippen LogP) is 3.11. The van der Waals surface area contributed by atoms with Gasteiger partial charge in [0.05, 0.1) is 30.7 Å². The molecule has 0 saturated carbocycles. The van der Waals surface area contributed by atoms with Gasteiger partial charge < -0.3 is 15.0 Å². The lowest BCUT2D eigenvalue weighted by molar-refractivity contribution is 0.415. The van der Waals surface area contributed by atoms with E-state index in [0.717, 1.165) is 22.6 Å². The first-order valence-corrected chi connectivity index (χ1v) is 7.04. The number of benzene rings is 2. The number of nitrogens with two attached hydrogens (primary N) is 1. The van der Waals surface area contributed by atoms with Crippen molar-refractivity contribution in [2.75, 3.05) is 7.11 Å². The monoisotopic (exact) mass is 281 g/mol. The summed E-state index contributed by atoms with van der Waals surface area (Å²) < 4.78 is 7.47. The number of ether oxygens (including phenoxy) is 1. The summed E-state index contributed by atoms with van der Waals surface area (Å²) in [6.45, 7) is 2.58. The van der Waals surface area contributed by atoms with E-state index in [1.165, 1.54) is 5.56 Å². The van der Waals surface area contributed by atoms with Gasteiger partial charge in [-0.25, -0.2) is 4.98 Å². The van der Waals surface area contributed by atoms with E-state index in [0.29, 0.717) is 6.54 Å². The Labute approximate surface area is 124 Å². The van der Waals surface area contributed by atoms with Crippen LogP contribution in [-0.2, 0) is 6.54 Å². The summed E-state index contributed by atoms with van der Waals surface area (Å²) in [4.78, 5) is 4.64. The molecule has 0 fully saturated rings. The van der Waals surface area contributed by atoms with Gasteiger partial charge in [0.1, 0.15) is 11.6 Å². The topological polar surface area (TPSA) is 53.1 Å². The Morgan fingerprint density at radius 3 is 2.62 bits per heavy atom. The summed E-state index contributed by atoms with van der Waals surface area (Å²) in [5, 5.41) is 0. The fraction of sp³-hybridized carbons (Fsp3) is 0.235. The molecule has 1 atom stereocenters. The maximum Gasteiger partial charge on any atom is 0.124 e. The fourth-order valence-electron chi connectivity index (χ4n) is 2.71. The van der Waals surface area contributed by atoms with Crippen molar-refractivity contribution in [1.82, 2.24) is 9.55 Å². The van der Waals surface area contributed by atoms with E-state index in [4.69, 9.17) is 10.5 Å². The van der Waals surface area contributed by atoms with E-state index in [1.807, 2.05) is 24.3 Å². The molecule has 108 valence electrons. The second-order valence-electron chi connectivity index (χ2n) is 5.04. The van der Waals surface area contributed by atoms with E-state index >= 15 is 0 Å². The Hall–Kier alpha value is -2.33. The van der Waals surface area contributed by atoms with Crippen molar-refractivity contribution >= 4 is 11.0 Å². The molecule has 4 nitrogen and oxygen atoms in total. The molecule has 0 radical (unpaired) electrons. The highest BCUT2D eigenvalue weighted by Crippen LogP contribution is 2.28. The second-order valence-corrected chi connectivity index (χ2v) is 5.04. The summed E-state index contributed by atoms with van der Waals surface area (Å²) in [7, 11) is 1.66. The molecule has 21 heavy (non-hydrogen) atoms. The van der Waals surface area contributed by atoms with E-state index in [9.17, 15) is 0 Å².